The average molecular weight is 300 g/mol. The summed E-state index contributed by atoms with van der Waals surface area (Å²) < 4.78 is 16.1. The van der Waals surface area contributed by atoms with Gasteiger partial charge in [-0.1, -0.05) is 0 Å². The number of carbonyl (C=O) groups excluding carboxylic acids is 1. The lowest BCUT2D eigenvalue weighted by Gasteiger charge is -2.04. The smallest absolute Gasteiger partial charge is 0.247 e. The van der Waals surface area contributed by atoms with Crippen molar-refractivity contribution in [1.29, 1.82) is 0 Å². The largest absolute Gasteiger partial charge is 0.308 e. The van der Waals surface area contributed by atoms with Crippen LogP contribution < -0.4 is 5.32 Å². The number of amides is 1. The molecular formula is C14H13FN6O. The first kappa shape index (κ1) is 13.9. The Hall–Kier alpha value is -3.03. The highest BCUT2D eigenvalue weighted by molar-refractivity contribution is 5.89. The molecule has 0 aliphatic heterocycles. The van der Waals surface area contributed by atoms with Gasteiger partial charge in [0.25, 0.3) is 0 Å². The number of anilines is 1. The van der Waals surface area contributed by atoms with Crippen molar-refractivity contribution in [3.05, 3.63) is 54.5 Å². The normalized spacial score (nSPS) is 10.6. The predicted molar refractivity (Wildman–Crippen MR) is 76.9 cm³/mol. The van der Waals surface area contributed by atoms with Gasteiger partial charge in [-0.15, -0.1) is 0 Å². The molecule has 0 radical (unpaired) electrons. The molecule has 0 spiro atoms. The standard InChI is InChI=1S/C14H13FN6O/c1-10-2-6-17-21(10)9-14(22)18-13-4-7-20(19-13)11-3-5-16-12(15)8-11/h2-8H,9H2,1H3,(H,18,19,22). The summed E-state index contributed by atoms with van der Waals surface area (Å²) in [4.78, 5) is 15.4. The number of carbonyl (C=O) groups is 1. The van der Waals surface area contributed by atoms with Crippen molar-refractivity contribution >= 4 is 11.7 Å². The van der Waals surface area contributed by atoms with Gasteiger partial charge < -0.3 is 5.32 Å². The molecule has 0 aromatic carbocycles. The molecule has 0 atom stereocenters. The SMILES string of the molecule is Cc1ccnn1CC(=O)Nc1ccn(-c2ccnc(F)c2)n1. The number of hydrogen-bond donors (Lipinski definition) is 1. The monoisotopic (exact) mass is 300 g/mol. The highest BCUT2D eigenvalue weighted by atomic mass is 19.1. The zero-order valence-corrected chi connectivity index (χ0v) is 11.8. The zero-order valence-electron chi connectivity index (χ0n) is 11.8. The second-order valence-corrected chi connectivity index (χ2v) is 4.66. The van der Waals surface area contributed by atoms with Crippen molar-refractivity contribution in [3.63, 3.8) is 0 Å². The molecule has 3 aromatic heterocycles. The predicted octanol–water partition coefficient (Wildman–Crippen LogP) is 1.55. The van der Waals surface area contributed by atoms with E-state index in [4.69, 9.17) is 0 Å². The summed E-state index contributed by atoms with van der Waals surface area (Å²) in [6, 6.07) is 6.33. The maximum Gasteiger partial charge on any atom is 0.247 e. The second-order valence-electron chi connectivity index (χ2n) is 4.66. The minimum absolute atomic E-state index is 0.107. The topological polar surface area (TPSA) is 77.6 Å². The Morgan fingerprint density at radius 1 is 1.32 bits per heavy atom. The molecule has 0 fully saturated rings. The van der Waals surface area contributed by atoms with Gasteiger partial charge in [0.15, 0.2) is 5.82 Å². The molecule has 22 heavy (non-hydrogen) atoms. The van der Waals surface area contributed by atoms with E-state index in [1.807, 2.05) is 13.0 Å². The molecule has 7 nitrogen and oxygen atoms in total. The molecule has 8 heteroatoms. The van der Waals surface area contributed by atoms with E-state index in [-0.39, 0.29) is 12.5 Å². The van der Waals surface area contributed by atoms with Gasteiger partial charge in [0.1, 0.15) is 6.54 Å². The van der Waals surface area contributed by atoms with Crippen molar-refractivity contribution in [3.8, 4) is 5.69 Å². The number of aromatic nitrogens is 5. The van der Waals surface area contributed by atoms with Gasteiger partial charge in [-0.05, 0) is 19.1 Å². The quantitative estimate of drug-likeness (QED) is 0.742. The summed E-state index contributed by atoms with van der Waals surface area (Å²) >= 11 is 0. The van der Waals surface area contributed by atoms with Crippen LogP contribution in [0.3, 0.4) is 0 Å². The van der Waals surface area contributed by atoms with Crippen LogP contribution in [-0.4, -0.2) is 30.5 Å². The maximum absolute atomic E-state index is 13.1. The van der Waals surface area contributed by atoms with Gasteiger partial charge in [-0.25, -0.2) is 9.67 Å². The Morgan fingerprint density at radius 2 is 2.18 bits per heavy atom. The Morgan fingerprint density at radius 3 is 2.91 bits per heavy atom. The summed E-state index contributed by atoms with van der Waals surface area (Å²) in [6.07, 6.45) is 4.62. The van der Waals surface area contributed by atoms with Crippen LogP contribution in [0.25, 0.3) is 5.69 Å². The van der Waals surface area contributed by atoms with Crippen LogP contribution in [0.4, 0.5) is 10.2 Å². The van der Waals surface area contributed by atoms with Crippen LogP contribution in [0.15, 0.2) is 42.9 Å². The Balaban J connectivity index is 1.69. The number of nitrogens with one attached hydrogen (secondary N) is 1. The highest BCUT2D eigenvalue weighted by Gasteiger charge is 2.08. The molecule has 0 bridgehead atoms. The van der Waals surface area contributed by atoms with E-state index in [0.29, 0.717) is 11.5 Å². The van der Waals surface area contributed by atoms with Gasteiger partial charge in [0, 0.05) is 36.4 Å². The van der Waals surface area contributed by atoms with E-state index >= 15 is 0 Å². The van der Waals surface area contributed by atoms with Crippen molar-refractivity contribution in [1.82, 2.24) is 24.5 Å². The van der Waals surface area contributed by atoms with Crippen molar-refractivity contribution in [2.75, 3.05) is 5.32 Å². The first-order chi connectivity index (χ1) is 10.6. The number of aryl methyl sites for hydroxylation is 1. The Kier molecular flexibility index (Phi) is 3.65. The molecule has 112 valence electrons. The summed E-state index contributed by atoms with van der Waals surface area (Å²) in [5.41, 5.74) is 1.42. The van der Waals surface area contributed by atoms with E-state index in [1.165, 1.54) is 16.9 Å². The fraction of sp³-hybridized carbons (Fsp3) is 0.143. The maximum atomic E-state index is 13.1. The molecule has 0 saturated carbocycles. The molecule has 0 aliphatic rings. The van der Waals surface area contributed by atoms with Crippen LogP contribution in [0.5, 0.6) is 0 Å². The van der Waals surface area contributed by atoms with Crippen LogP contribution in [0.1, 0.15) is 5.69 Å². The fourth-order valence-electron chi connectivity index (χ4n) is 1.95. The van der Waals surface area contributed by atoms with Crippen LogP contribution in [-0.2, 0) is 11.3 Å². The van der Waals surface area contributed by atoms with Crippen LogP contribution in [0, 0.1) is 12.9 Å². The number of nitrogens with zero attached hydrogens (tertiary/aromatic N) is 5. The van der Waals surface area contributed by atoms with Gasteiger partial charge in [0.05, 0.1) is 5.69 Å². The molecule has 3 aromatic rings. The minimum Gasteiger partial charge on any atom is -0.308 e. The molecule has 3 heterocycles. The first-order valence-electron chi connectivity index (χ1n) is 6.58. The van der Waals surface area contributed by atoms with E-state index in [2.05, 4.69) is 20.5 Å². The third-order valence-electron chi connectivity index (χ3n) is 3.05. The molecular weight excluding hydrogens is 287 g/mol. The molecule has 0 saturated heterocycles. The third-order valence-corrected chi connectivity index (χ3v) is 3.05. The van der Waals surface area contributed by atoms with Crippen LogP contribution in [0.2, 0.25) is 0 Å². The summed E-state index contributed by atoms with van der Waals surface area (Å²) in [7, 11) is 0. The fourth-order valence-corrected chi connectivity index (χ4v) is 1.95. The van der Waals surface area contributed by atoms with Gasteiger partial charge >= 0.3 is 0 Å². The lowest BCUT2D eigenvalue weighted by molar-refractivity contribution is -0.117. The number of halogens is 1. The van der Waals surface area contributed by atoms with Gasteiger partial charge in [-0.2, -0.15) is 14.6 Å². The third kappa shape index (κ3) is 3.00. The number of pyridine rings is 1. The highest BCUT2D eigenvalue weighted by Crippen LogP contribution is 2.10. The Bertz CT molecular complexity index is 809. The molecule has 1 N–H and O–H groups in total. The van der Waals surface area contributed by atoms with Gasteiger partial charge in [-0.3, -0.25) is 9.48 Å². The average Bonchev–Trinajstić information content (AvgIpc) is 3.09. The molecule has 1 amide bonds. The zero-order chi connectivity index (χ0) is 15.5. The lowest BCUT2D eigenvalue weighted by Crippen LogP contribution is -2.20. The lowest BCUT2D eigenvalue weighted by atomic mass is 10.4. The molecule has 0 aliphatic carbocycles. The van der Waals surface area contributed by atoms with Gasteiger partial charge in [0.2, 0.25) is 11.9 Å². The minimum atomic E-state index is -0.590. The summed E-state index contributed by atoms with van der Waals surface area (Å²) in [6.45, 7) is 1.97. The Labute approximate surface area is 125 Å². The van der Waals surface area contributed by atoms with E-state index in [9.17, 15) is 9.18 Å². The summed E-state index contributed by atoms with van der Waals surface area (Å²) in [5.74, 6) is -0.447. The summed E-state index contributed by atoms with van der Waals surface area (Å²) in [5, 5.41) is 10.9. The first-order valence-corrected chi connectivity index (χ1v) is 6.58. The molecule has 3 rings (SSSR count). The molecule has 0 unspecified atom stereocenters. The number of hydrogen-bond acceptors (Lipinski definition) is 4. The number of rotatable bonds is 4. The van der Waals surface area contributed by atoms with E-state index < -0.39 is 5.95 Å². The van der Waals surface area contributed by atoms with Crippen molar-refractivity contribution < 1.29 is 9.18 Å². The van der Waals surface area contributed by atoms with E-state index in [0.717, 1.165) is 5.69 Å². The van der Waals surface area contributed by atoms with Crippen LogP contribution >= 0.6 is 0 Å². The van der Waals surface area contributed by atoms with Crippen molar-refractivity contribution in [2.45, 2.75) is 13.5 Å². The van der Waals surface area contributed by atoms with Crippen molar-refractivity contribution in [2.24, 2.45) is 0 Å². The van der Waals surface area contributed by atoms with E-state index in [1.54, 1.807) is 29.2 Å². The second kappa shape index (κ2) is 5.76.